The van der Waals surface area contributed by atoms with Gasteiger partial charge in [0.05, 0.1) is 12.2 Å². The summed E-state index contributed by atoms with van der Waals surface area (Å²) in [6.45, 7) is 0.545. The van der Waals surface area contributed by atoms with Crippen LogP contribution in [0.15, 0.2) is 48.8 Å². The maximum atomic E-state index is 13.4. The van der Waals surface area contributed by atoms with Crippen molar-refractivity contribution < 1.29 is 13.6 Å². The molecule has 0 aliphatic carbocycles. The lowest BCUT2D eigenvalue weighted by molar-refractivity contribution is 0.218. The van der Waals surface area contributed by atoms with E-state index >= 15 is 0 Å². The van der Waals surface area contributed by atoms with Crippen molar-refractivity contribution in [3.05, 3.63) is 54.6 Å². The zero-order valence-electron chi connectivity index (χ0n) is 13.3. The van der Waals surface area contributed by atoms with Crippen LogP contribution in [0.2, 0.25) is 0 Å². The van der Waals surface area contributed by atoms with Crippen LogP contribution >= 0.6 is 0 Å². The van der Waals surface area contributed by atoms with E-state index in [4.69, 9.17) is 0 Å². The smallest absolute Gasteiger partial charge is 0.321 e. The molecule has 3 heterocycles. The fourth-order valence-electron chi connectivity index (χ4n) is 2.95. The number of carbonyl (C=O) groups excluding carboxylic acids is 1. The molecular weight excluding hydrogens is 326 g/mol. The second-order valence-electron chi connectivity index (χ2n) is 6.08. The summed E-state index contributed by atoms with van der Waals surface area (Å²) in [6, 6.07) is 9.37. The Balaban J connectivity index is 1.57. The number of alkyl halides is 1. The van der Waals surface area contributed by atoms with Crippen molar-refractivity contribution in [2.75, 3.05) is 18.4 Å². The van der Waals surface area contributed by atoms with Gasteiger partial charge >= 0.3 is 6.03 Å². The number of hydrogen-bond acceptors (Lipinski definition) is 2. The average molecular weight is 342 g/mol. The Morgan fingerprint density at radius 1 is 1.28 bits per heavy atom. The van der Waals surface area contributed by atoms with E-state index in [9.17, 15) is 13.6 Å². The molecule has 128 valence electrons. The molecule has 0 bridgehead atoms. The topological polar surface area (TPSA) is 49.6 Å². The summed E-state index contributed by atoms with van der Waals surface area (Å²) in [4.78, 5) is 18.1. The third-order valence-electron chi connectivity index (χ3n) is 4.25. The number of halogens is 2. The minimum absolute atomic E-state index is 0.126. The highest BCUT2D eigenvalue weighted by molar-refractivity contribution is 5.90. The monoisotopic (exact) mass is 342 g/mol. The van der Waals surface area contributed by atoms with Crippen LogP contribution in [0.4, 0.5) is 19.3 Å². The molecule has 7 heteroatoms. The second kappa shape index (κ2) is 6.16. The van der Waals surface area contributed by atoms with E-state index in [0.29, 0.717) is 35.6 Å². The number of likely N-dealkylation sites (tertiary alicyclic amines) is 1. The zero-order valence-corrected chi connectivity index (χ0v) is 13.3. The molecule has 0 saturated carbocycles. The lowest BCUT2D eigenvalue weighted by Crippen LogP contribution is -2.33. The molecule has 1 saturated heterocycles. The summed E-state index contributed by atoms with van der Waals surface area (Å²) in [7, 11) is 0. The molecular formula is C18H16F2N4O. The Bertz CT molecular complexity index is 940. The minimum atomic E-state index is -0.950. The van der Waals surface area contributed by atoms with Gasteiger partial charge in [-0.2, -0.15) is 0 Å². The molecule has 0 radical (unpaired) electrons. The molecule has 2 amide bonds. The van der Waals surface area contributed by atoms with Crippen LogP contribution in [0.3, 0.4) is 0 Å². The second-order valence-corrected chi connectivity index (χ2v) is 6.08. The fourth-order valence-corrected chi connectivity index (χ4v) is 2.95. The predicted octanol–water partition coefficient (Wildman–Crippen LogP) is 3.72. The summed E-state index contributed by atoms with van der Waals surface area (Å²) in [5.74, 6) is -0.320. The Morgan fingerprint density at radius 2 is 2.16 bits per heavy atom. The number of aromatic nitrogens is 2. The molecule has 1 fully saturated rings. The first-order chi connectivity index (χ1) is 12.1. The number of rotatable bonds is 2. The van der Waals surface area contributed by atoms with E-state index in [1.54, 1.807) is 41.1 Å². The van der Waals surface area contributed by atoms with Crippen molar-refractivity contribution in [2.45, 2.75) is 12.6 Å². The molecule has 4 rings (SSSR count). The number of urea groups is 1. The highest BCUT2D eigenvalue weighted by Gasteiger charge is 2.25. The van der Waals surface area contributed by atoms with Crippen molar-refractivity contribution in [3.8, 4) is 11.3 Å². The van der Waals surface area contributed by atoms with Crippen LogP contribution in [0.25, 0.3) is 16.9 Å². The Kier molecular flexibility index (Phi) is 3.83. The summed E-state index contributed by atoms with van der Waals surface area (Å²) in [5.41, 5.74) is 2.53. The SMILES string of the molecule is O=C(Nc1ccn2cc(-c3cccc(F)c3)nc2c1)N1CCC(F)C1. The van der Waals surface area contributed by atoms with E-state index in [1.807, 2.05) is 0 Å². The van der Waals surface area contributed by atoms with Crippen LogP contribution < -0.4 is 5.32 Å². The van der Waals surface area contributed by atoms with E-state index in [-0.39, 0.29) is 18.4 Å². The first kappa shape index (κ1) is 15.6. The third-order valence-corrected chi connectivity index (χ3v) is 4.25. The van der Waals surface area contributed by atoms with Crippen molar-refractivity contribution in [1.82, 2.24) is 14.3 Å². The number of imidazole rings is 1. The van der Waals surface area contributed by atoms with Crippen LogP contribution in [0, 0.1) is 5.82 Å². The lowest BCUT2D eigenvalue weighted by atomic mass is 10.2. The quantitative estimate of drug-likeness (QED) is 0.772. The Hall–Kier alpha value is -2.96. The highest BCUT2D eigenvalue weighted by atomic mass is 19.1. The van der Waals surface area contributed by atoms with Gasteiger partial charge in [0.1, 0.15) is 17.6 Å². The maximum absolute atomic E-state index is 13.4. The van der Waals surface area contributed by atoms with Gasteiger partial charge in [0.25, 0.3) is 0 Å². The zero-order chi connectivity index (χ0) is 17.4. The molecule has 1 unspecified atom stereocenters. The molecule has 25 heavy (non-hydrogen) atoms. The van der Waals surface area contributed by atoms with Gasteiger partial charge in [-0.25, -0.2) is 18.6 Å². The largest absolute Gasteiger partial charge is 0.322 e. The molecule has 1 aliphatic heterocycles. The normalized spacial score (nSPS) is 17.2. The van der Waals surface area contributed by atoms with Gasteiger partial charge in [0.15, 0.2) is 0 Å². The summed E-state index contributed by atoms with van der Waals surface area (Å²) in [6.07, 6.45) is 2.99. The molecule has 5 nitrogen and oxygen atoms in total. The number of carbonyl (C=O) groups is 1. The third kappa shape index (κ3) is 3.17. The summed E-state index contributed by atoms with van der Waals surface area (Å²) in [5, 5.41) is 2.76. The highest BCUT2D eigenvalue weighted by Crippen LogP contribution is 2.22. The first-order valence-corrected chi connectivity index (χ1v) is 8.03. The molecule has 1 N–H and O–H groups in total. The van der Waals surface area contributed by atoms with Gasteiger partial charge in [-0.15, -0.1) is 0 Å². The van der Waals surface area contributed by atoms with Crippen LogP contribution in [-0.2, 0) is 0 Å². The minimum Gasteiger partial charge on any atom is -0.322 e. The van der Waals surface area contributed by atoms with Gasteiger partial charge in [-0.1, -0.05) is 12.1 Å². The number of amides is 2. The van der Waals surface area contributed by atoms with Crippen molar-refractivity contribution in [2.24, 2.45) is 0 Å². The standard InChI is InChI=1S/C18H16F2N4O/c19-13-3-1-2-12(8-13)16-11-23-7-5-15(9-17(23)22-16)21-18(25)24-6-4-14(20)10-24/h1-3,5,7-9,11,14H,4,6,10H2,(H,21,25). The van der Waals surface area contributed by atoms with Gasteiger partial charge in [-0.05, 0) is 24.6 Å². The first-order valence-electron chi connectivity index (χ1n) is 8.03. The predicted molar refractivity (Wildman–Crippen MR) is 90.7 cm³/mol. The molecule has 3 aromatic rings. The van der Waals surface area contributed by atoms with Crippen molar-refractivity contribution in [1.29, 1.82) is 0 Å². The van der Waals surface area contributed by atoms with Crippen LogP contribution in [0.5, 0.6) is 0 Å². The van der Waals surface area contributed by atoms with Crippen LogP contribution in [0.1, 0.15) is 6.42 Å². The van der Waals surface area contributed by atoms with Gasteiger partial charge < -0.3 is 14.6 Å². The molecule has 1 aliphatic rings. The fraction of sp³-hybridized carbons (Fsp3) is 0.222. The number of hydrogen-bond donors (Lipinski definition) is 1. The number of pyridine rings is 1. The Labute approximate surface area is 142 Å². The summed E-state index contributed by atoms with van der Waals surface area (Å²) < 4.78 is 28.4. The Morgan fingerprint density at radius 3 is 2.92 bits per heavy atom. The number of anilines is 1. The van der Waals surface area contributed by atoms with Gasteiger partial charge in [0.2, 0.25) is 0 Å². The summed E-state index contributed by atoms with van der Waals surface area (Å²) >= 11 is 0. The number of benzene rings is 1. The van der Waals surface area contributed by atoms with E-state index in [1.165, 1.54) is 17.0 Å². The van der Waals surface area contributed by atoms with E-state index in [2.05, 4.69) is 10.3 Å². The van der Waals surface area contributed by atoms with E-state index in [0.717, 1.165) is 0 Å². The van der Waals surface area contributed by atoms with Gasteiger partial charge in [-0.3, -0.25) is 0 Å². The molecule has 2 aromatic heterocycles. The number of fused-ring (bicyclic) bond motifs is 1. The van der Waals surface area contributed by atoms with Gasteiger partial charge in [0, 0.05) is 36.3 Å². The van der Waals surface area contributed by atoms with Crippen LogP contribution in [-0.4, -0.2) is 39.6 Å². The number of nitrogens with one attached hydrogen (secondary N) is 1. The average Bonchev–Trinajstić information content (AvgIpc) is 3.20. The van der Waals surface area contributed by atoms with Crippen molar-refractivity contribution in [3.63, 3.8) is 0 Å². The molecule has 1 aromatic carbocycles. The molecule has 1 atom stereocenters. The van der Waals surface area contributed by atoms with E-state index < -0.39 is 6.17 Å². The number of nitrogens with zero attached hydrogens (tertiary/aromatic N) is 3. The molecule has 0 spiro atoms. The van der Waals surface area contributed by atoms with Crippen molar-refractivity contribution >= 4 is 17.4 Å². The maximum Gasteiger partial charge on any atom is 0.321 e. The lowest BCUT2D eigenvalue weighted by Gasteiger charge is -2.16.